The van der Waals surface area contributed by atoms with Gasteiger partial charge in [0, 0.05) is 51.9 Å². The van der Waals surface area contributed by atoms with Crippen molar-refractivity contribution in [3.8, 4) is 0 Å². The zero-order chi connectivity index (χ0) is 53.6. The molecule has 0 radical (unpaired) electrons. The predicted molar refractivity (Wildman–Crippen MR) is 299 cm³/mol. The highest BCUT2D eigenvalue weighted by atomic mass is 16.2. The molecule has 12 nitrogen and oxygen atoms in total. The third-order valence-electron chi connectivity index (χ3n) is 18.5. The maximum absolute atomic E-state index is 13.3. The summed E-state index contributed by atoms with van der Waals surface area (Å²) >= 11 is 0. The maximum atomic E-state index is 13.3. The Hall–Kier alpha value is -4.74. The normalized spacial score (nSPS) is 25.7. The Kier molecular flexibility index (Phi) is 20.9. The van der Waals surface area contributed by atoms with E-state index >= 15 is 0 Å². The van der Waals surface area contributed by atoms with Crippen LogP contribution in [0, 0.1) is 17.8 Å². The Bertz CT molecular complexity index is 2180. The van der Waals surface area contributed by atoms with Crippen molar-refractivity contribution in [3.05, 3.63) is 69.8 Å². The van der Waals surface area contributed by atoms with Crippen LogP contribution in [0.5, 0.6) is 0 Å². The third-order valence-corrected chi connectivity index (χ3v) is 18.5. The van der Waals surface area contributed by atoms with Gasteiger partial charge in [0.25, 0.3) is 0 Å². The molecule has 0 heterocycles. The van der Waals surface area contributed by atoms with Gasteiger partial charge in [-0.15, -0.1) is 0 Å². The molecular weight excluding hydrogens is 937 g/mol. The molecule has 6 unspecified atom stereocenters. The fourth-order valence-corrected chi connectivity index (χ4v) is 14.5. The van der Waals surface area contributed by atoms with Crippen LogP contribution in [0.1, 0.15) is 211 Å². The van der Waals surface area contributed by atoms with Crippen LogP contribution >= 0.6 is 0 Å². The molecule has 0 aromatic heterocycles. The van der Waals surface area contributed by atoms with Gasteiger partial charge in [0.2, 0.25) is 35.4 Å². The zero-order valence-corrected chi connectivity index (χ0v) is 47.3. The summed E-state index contributed by atoms with van der Waals surface area (Å²) in [5, 5.41) is 9.05. The Morgan fingerprint density at radius 3 is 1.33 bits per heavy atom. The largest absolute Gasteiger partial charge is 0.356 e. The number of allylic oxidation sites excluding steroid dienone is 3. The smallest absolute Gasteiger partial charge is 0.232 e. The number of fused-ring (bicyclic) bond motifs is 6. The van der Waals surface area contributed by atoms with Crippen LogP contribution in [-0.4, -0.2) is 108 Å². The Labute approximate surface area is 451 Å². The van der Waals surface area contributed by atoms with Crippen LogP contribution in [0.4, 0.5) is 0 Å². The average molecular weight is 1030 g/mol. The van der Waals surface area contributed by atoms with Crippen LogP contribution in [0.3, 0.4) is 0 Å². The highest BCUT2D eigenvalue weighted by Gasteiger charge is 2.45. The molecule has 1 aromatic carbocycles. The fourth-order valence-electron chi connectivity index (χ4n) is 14.5. The lowest BCUT2D eigenvalue weighted by molar-refractivity contribution is -0.142. The summed E-state index contributed by atoms with van der Waals surface area (Å²) in [4.78, 5) is 84.2. The number of unbranched alkanes of at least 4 members (excludes halogenated alkanes) is 6. The number of hydrogen-bond acceptors (Lipinski definition) is 6. The van der Waals surface area contributed by atoms with E-state index in [0.717, 1.165) is 161 Å². The van der Waals surface area contributed by atoms with E-state index in [4.69, 9.17) is 0 Å². The summed E-state index contributed by atoms with van der Waals surface area (Å²) in [5.41, 5.74) is 7.76. The summed E-state index contributed by atoms with van der Waals surface area (Å²) in [6.45, 7) is 8.30. The standard InChI is InChI=1S/C63H96N6O6/c1-46-31-51-24-17-26-62(40-46,44-51)68(5)59(74)38-56(71)65-29-14-8-11-20-49-33-48(19-10-7-13-28-64-55(70)37-58(73)67(4)61(3)42-53-22-16-23-54(36-53)43-61)34-50(35-49)21-12-9-15-30-66-57(72)39-60(75)69(6)63-27-18-25-52(45-63)32-47(2)41-63/h31-35,42,46-47,54H,7-30,36-41,43-45H2,1-6H3,(H,64,70)(H,65,71)(H,66,72). The van der Waals surface area contributed by atoms with E-state index < -0.39 is 0 Å². The van der Waals surface area contributed by atoms with Crippen molar-refractivity contribution < 1.29 is 28.8 Å². The second-order valence-electron chi connectivity index (χ2n) is 24.9. The first-order valence-corrected chi connectivity index (χ1v) is 29.7. The van der Waals surface area contributed by atoms with Crippen molar-refractivity contribution >= 4 is 35.4 Å². The molecule has 3 fully saturated rings. The van der Waals surface area contributed by atoms with Gasteiger partial charge in [-0.25, -0.2) is 0 Å². The van der Waals surface area contributed by atoms with E-state index in [-0.39, 0.29) is 71.3 Å². The summed E-state index contributed by atoms with van der Waals surface area (Å²) in [6, 6.07) is 7.03. The molecule has 7 rings (SSSR count). The number of aryl methyl sites for hydroxylation is 3. The van der Waals surface area contributed by atoms with Gasteiger partial charge in [-0.05, 0) is 195 Å². The van der Waals surface area contributed by atoms with E-state index in [1.807, 2.05) is 35.8 Å². The number of amides is 6. The molecule has 12 heteroatoms. The van der Waals surface area contributed by atoms with E-state index in [2.05, 4.69) is 73.1 Å². The van der Waals surface area contributed by atoms with Gasteiger partial charge in [0.05, 0.1) is 5.54 Å². The van der Waals surface area contributed by atoms with Crippen molar-refractivity contribution in [3.63, 3.8) is 0 Å². The number of benzene rings is 1. The number of nitrogens with one attached hydrogen (secondary N) is 3. The van der Waals surface area contributed by atoms with Crippen LogP contribution in [0.2, 0.25) is 0 Å². The maximum Gasteiger partial charge on any atom is 0.232 e. The first-order chi connectivity index (χ1) is 35.9. The second kappa shape index (κ2) is 27.0. The molecular formula is C63H96N6O6. The Balaban J connectivity index is 0.821. The summed E-state index contributed by atoms with van der Waals surface area (Å²) < 4.78 is 0. The van der Waals surface area contributed by atoms with E-state index in [0.29, 0.717) is 37.4 Å². The van der Waals surface area contributed by atoms with Gasteiger partial charge in [-0.3, -0.25) is 28.8 Å². The zero-order valence-electron chi connectivity index (χ0n) is 47.3. The first kappa shape index (κ1) is 58.0. The molecule has 6 atom stereocenters. The highest BCUT2D eigenvalue weighted by molar-refractivity contribution is 5.98. The lowest BCUT2D eigenvalue weighted by atomic mass is 9.68. The molecule has 75 heavy (non-hydrogen) atoms. The van der Waals surface area contributed by atoms with Gasteiger partial charge in [0.15, 0.2) is 0 Å². The highest BCUT2D eigenvalue weighted by Crippen LogP contribution is 2.47. The molecule has 414 valence electrons. The molecule has 6 bridgehead atoms. The molecule has 6 aliphatic rings. The predicted octanol–water partition coefficient (Wildman–Crippen LogP) is 10.6. The third kappa shape index (κ3) is 16.4. The second-order valence-corrected chi connectivity index (χ2v) is 24.9. The van der Waals surface area contributed by atoms with Gasteiger partial charge < -0.3 is 30.7 Å². The van der Waals surface area contributed by atoms with Gasteiger partial charge in [0.1, 0.15) is 19.3 Å². The lowest BCUT2D eigenvalue weighted by Crippen LogP contribution is -2.54. The van der Waals surface area contributed by atoms with Crippen LogP contribution < -0.4 is 16.0 Å². The summed E-state index contributed by atoms with van der Waals surface area (Å²) in [5.74, 6) is 0.688. The topological polar surface area (TPSA) is 148 Å². The van der Waals surface area contributed by atoms with Crippen LogP contribution in [-0.2, 0) is 48.0 Å². The fraction of sp³-hybridized carbons (Fsp3) is 0.714. The number of nitrogens with zero attached hydrogens (tertiary/aromatic N) is 3. The minimum atomic E-state index is -0.316. The molecule has 1 aromatic rings. The first-order valence-electron chi connectivity index (χ1n) is 29.7. The van der Waals surface area contributed by atoms with Crippen molar-refractivity contribution in [2.45, 2.75) is 230 Å². The summed E-state index contributed by atoms with van der Waals surface area (Å²) in [6.07, 6.45) is 34.1. The Morgan fingerprint density at radius 1 is 0.520 bits per heavy atom. The molecule has 3 saturated carbocycles. The quantitative estimate of drug-likeness (QED) is 0.0454. The minimum Gasteiger partial charge on any atom is -0.356 e. The molecule has 6 aliphatic carbocycles. The number of rotatable bonds is 27. The number of carbonyl (C=O) groups excluding carboxylic acids is 6. The lowest BCUT2D eigenvalue weighted by Gasteiger charge is -2.49. The van der Waals surface area contributed by atoms with Crippen LogP contribution in [0.25, 0.3) is 0 Å². The van der Waals surface area contributed by atoms with Gasteiger partial charge in [-0.1, -0.05) is 86.3 Å². The number of likely N-dealkylation sites (N-methyl/N-ethyl adjacent to an activating group) is 1. The Morgan fingerprint density at radius 2 is 0.920 bits per heavy atom. The van der Waals surface area contributed by atoms with Crippen molar-refractivity contribution in [2.24, 2.45) is 17.8 Å². The van der Waals surface area contributed by atoms with Crippen molar-refractivity contribution in [1.29, 1.82) is 0 Å². The monoisotopic (exact) mass is 1030 g/mol. The molecule has 3 N–H and O–H groups in total. The minimum absolute atomic E-state index is 0.0802. The number of carbonyl (C=O) groups is 6. The van der Waals surface area contributed by atoms with E-state index in [1.165, 1.54) is 46.3 Å². The van der Waals surface area contributed by atoms with E-state index in [1.54, 1.807) is 0 Å². The van der Waals surface area contributed by atoms with E-state index in [9.17, 15) is 28.8 Å². The van der Waals surface area contributed by atoms with Crippen molar-refractivity contribution in [2.75, 3.05) is 40.8 Å². The SMILES string of the molecule is CC1C=C2CCCC(N(C)C(=O)CC(=O)NCCCCCc3cc(CCCCCNC(=O)CC(=O)N(C)C4(C)C=C5CCCC(C5)C4)cc(CCCCCNC(=O)CC(=O)N(C)C45CCCC(=CC(C)C4)C5)c3)(C2)C1. The number of hydrogen-bond donors (Lipinski definition) is 3. The van der Waals surface area contributed by atoms with Crippen molar-refractivity contribution in [1.82, 2.24) is 30.7 Å². The average Bonchev–Trinajstić information content (AvgIpc) is 3.35. The summed E-state index contributed by atoms with van der Waals surface area (Å²) in [7, 11) is 5.66. The van der Waals surface area contributed by atoms with Gasteiger partial charge in [-0.2, -0.15) is 0 Å². The molecule has 0 saturated heterocycles. The van der Waals surface area contributed by atoms with Crippen LogP contribution in [0.15, 0.2) is 53.1 Å². The van der Waals surface area contributed by atoms with Gasteiger partial charge >= 0.3 is 0 Å². The molecule has 0 aliphatic heterocycles. The molecule has 6 amide bonds. The molecule has 0 spiro atoms.